The van der Waals surface area contributed by atoms with Crippen molar-refractivity contribution >= 4 is 11.5 Å². The van der Waals surface area contributed by atoms with Crippen LogP contribution in [0.2, 0.25) is 0 Å². The second-order valence-electron chi connectivity index (χ2n) is 11.4. The fourth-order valence-corrected chi connectivity index (χ4v) is 5.40. The van der Waals surface area contributed by atoms with E-state index in [9.17, 15) is 0 Å². The van der Waals surface area contributed by atoms with Gasteiger partial charge in [-0.2, -0.15) is 5.10 Å². The summed E-state index contributed by atoms with van der Waals surface area (Å²) >= 11 is 0. The fourth-order valence-electron chi connectivity index (χ4n) is 5.40. The van der Waals surface area contributed by atoms with Crippen molar-refractivity contribution in [1.82, 2.24) is 0 Å². The van der Waals surface area contributed by atoms with Crippen LogP contribution in [-0.2, 0) is 6.42 Å². The maximum absolute atomic E-state index is 6.04. The molecule has 0 unspecified atom stereocenters. The van der Waals surface area contributed by atoms with Gasteiger partial charge in [0.2, 0.25) is 0 Å². The van der Waals surface area contributed by atoms with Gasteiger partial charge in [-0.1, -0.05) is 183 Å². The Morgan fingerprint density at radius 3 is 2.06 bits per heavy atom. The first kappa shape index (κ1) is 33.6. The zero-order valence-corrected chi connectivity index (χ0v) is 27.6. The van der Waals surface area contributed by atoms with Crippen LogP contribution in [-0.4, -0.2) is 11.5 Å². The van der Waals surface area contributed by atoms with Crippen LogP contribution in [0, 0.1) is 0 Å². The topological polar surface area (TPSA) is 50.7 Å². The molecule has 0 atom stereocenters. The van der Waals surface area contributed by atoms with E-state index in [2.05, 4.69) is 146 Å². The van der Waals surface area contributed by atoms with Crippen LogP contribution in [0.1, 0.15) is 37.3 Å². The van der Waals surface area contributed by atoms with Gasteiger partial charge in [0.25, 0.3) is 0 Å². The third-order valence-corrected chi connectivity index (χ3v) is 7.90. The quantitative estimate of drug-likeness (QED) is 0.0650. The second-order valence-corrected chi connectivity index (χ2v) is 11.4. The van der Waals surface area contributed by atoms with E-state index >= 15 is 0 Å². The SMILES string of the molecule is CC/C=C\C(=C/Cc1cccc(-c2cccc(-c3ccccc3)c2)c1)C(=N/C(=N\N)C1=C/C=C\C=C/CC/C=C\C=C\1)\c1ccccc1. The molecular weight excluding hydrogens is 583 g/mol. The molecule has 4 aromatic carbocycles. The summed E-state index contributed by atoms with van der Waals surface area (Å²) in [6, 6.07) is 38.3. The first-order chi connectivity index (χ1) is 23.7. The zero-order chi connectivity index (χ0) is 33.2. The second kappa shape index (κ2) is 18.4. The van der Waals surface area contributed by atoms with Crippen molar-refractivity contribution < 1.29 is 0 Å². The largest absolute Gasteiger partial charge is 0.321 e. The van der Waals surface area contributed by atoms with Gasteiger partial charge in [0.1, 0.15) is 0 Å². The van der Waals surface area contributed by atoms with E-state index in [-0.39, 0.29) is 0 Å². The summed E-state index contributed by atoms with van der Waals surface area (Å²) < 4.78 is 0. The summed E-state index contributed by atoms with van der Waals surface area (Å²) in [7, 11) is 0. The number of hydrogen-bond acceptors (Lipinski definition) is 2. The Balaban J connectivity index is 1.52. The number of amidine groups is 1. The smallest absolute Gasteiger partial charge is 0.179 e. The molecule has 0 saturated carbocycles. The molecule has 1 aliphatic carbocycles. The molecule has 1 aliphatic rings. The molecule has 5 rings (SSSR count). The van der Waals surface area contributed by atoms with Gasteiger partial charge in [-0.05, 0) is 65.1 Å². The minimum absolute atomic E-state index is 0.459. The average Bonchev–Trinajstić information content (AvgIpc) is 3.14. The van der Waals surface area contributed by atoms with E-state index in [4.69, 9.17) is 10.8 Å². The van der Waals surface area contributed by atoms with Crippen LogP contribution in [0.5, 0.6) is 0 Å². The molecule has 48 heavy (non-hydrogen) atoms. The average molecular weight is 626 g/mol. The number of hydrazone groups is 1. The number of rotatable bonds is 9. The molecule has 0 radical (unpaired) electrons. The van der Waals surface area contributed by atoms with Crippen molar-refractivity contribution in [2.45, 2.75) is 32.6 Å². The molecule has 0 heterocycles. The highest BCUT2D eigenvalue weighted by Crippen LogP contribution is 2.27. The molecular formula is C45H43N3. The van der Waals surface area contributed by atoms with Gasteiger partial charge in [0.15, 0.2) is 5.84 Å². The van der Waals surface area contributed by atoms with Gasteiger partial charge in [0, 0.05) is 11.1 Å². The van der Waals surface area contributed by atoms with Crippen LogP contribution in [0.25, 0.3) is 22.3 Å². The number of aliphatic imine (C=N–C) groups is 1. The highest BCUT2D eigenvalue weighted by Gasteiger charge is 2.12. The highest BCUT2D eigenvalue weighted by molar-refractivity contribution is 6.21. The number of nitrogens with two attached hydrogens (primary N) is 1. The van der Waals surface area contributed by atoms with Crippen molar-refractivity contribution in [3.05, 3.63) is 204 Å². The van der Waals surface area contributed by atoms with E-state index in [0.29, 0.717) is 5.84 Å². The zero-order valence-electron chi connectivity index (χ0n) is 27.6. The molecule has 0 saturated heterocycles. The molecule has 0 spiro atoms. The van der Waals surface area contributed by atoms with Gasteiger partial charge in [0.05, 0.1) is 5.71 Å². The molecule has 0 aromatic heterocycles. The van der Waals surface area contributed by atoms with Crippen molar-refractivity contribution in [1.29, 1.82) is 0 Å². The van der Waals surface area contributed by atoms with Crippen molar-refractivity contribution in [3.8, 4) is 22.3 Å². The minimum Gasteiger partial charge on any atom is -0.321 e. The van der Waals surface area contributed by atoms with Crippen LogP contribution in [0.15, 0.2) is 203 Å². The van der Waals surface area contributed by atoms with E-state index < -0.39 is 0 Å². The lowest BCUT2D eigenvalue weighted by molar-refractivity contribution is 1.05. The maximum Gasteiger partial charge on any atom is 0.179 e. The van der Waals surface area contributed by atoms with Crippen molar-refractivity contribution in [3.63, 3.8) is 0 Å². The Morgan fingerprint density at radius 2 is 1.33 bits per heavy atom. The predicted molar refractivity (Wildman–Crippen MR) is 207 cm³/mol. The molecule has 3 nitrogen and oxygen atoms in total. The van der Waals surface area contributed by atoms with Crippen LogP contribution in [0.3, 0.4) is 0 Å². The van der Waals surface area contributed by atoms with Gasteiger partial charge in [-0.15, -0.1) is 0 Å². The summed E-state index contributed by atoms with van der Waals surface area (Å²) in [6.07, 6.45) is 28.7. The summed E-state index contributed by atoms with van der Waals surface area (Å²) in [5.41, 5.74) is 9.67. The monoisotopic (exact) mass is 625 g/mol. The molecule has 4 aromatic rings. The van der Waals surface area contributed by atoms with Crippen LogP contribution in [0.4, 0.5) is 0 Å². The lowest BCUT2D eigenvalue weighted by atomic mass is 9.96. The first-order valence-corrected chi connectivity index (χ1v) is 16.7. The minimum atomic E-state index is 0.459. The van der Waals surface area contributed by atoms with Gasteiger partial charge in [-0.25, -0.2) is 4.99 Å². The summed E-state index contributed by atoms with van der Waals surface area (Å²) in [4.78, 5) is 5.15. The molecule has 238 valence electrons. The molecule has 0 bridgehead atoms. The van der Waals surface area contributed by atoms with Crippen LogP contribution < -0.4 is 5.84 Å². The van der Waals surface area contributed by atoms with E-state index in [1.54, 1.807) is 0 Å². The molecule has 0 aliphatic heterocycles. The predicted octanol–water partition coefficient (Wildman–Crippen LogP) is 11.2. The molecule has 3 heteroatoms. The lowest BCUT2D eigenvalue weighted by Gasteiger charge is -2.12. The number of hydrogen-bond donors (Lipinski definition) is 1. The lowest BCUT2D eigenvalue weighted by Crippen LogP contribution is -2.11. The van der Waals surface area contributed by atoms with E-state index in [1.807, 2.05) is 48.6 Å². The Morgan fingerprint density at radius 1 is 0.688 bits per heavy atom. The normalized spacial score (nSPS) is 18.3. The fraction of sp³-hybridized carbons (Fsp3) is 0.111. The van der Waals surface area contributed by atoms with Gasteiger partial charge >= 0.3 is 0 Å². The third kappa shape index (κ3) is 9.85. The molecule has 0 fully saturated rings. The summed E-state index contributed by atoms with van der Waals surface area (Å²) in [6.45, 7) is 2.14. The van der Waals surface area contributed by atoms with Crippen LogP contribution >= 0.6 is 0 Å². The Bertz CT molecular complexity index is 1910. The molecule has 0 amide bonds. The Hall–Kier alpha value is -5.80. The number of allylic oxidation sites excluding steroid dienone is 12. The van der Waals surface area contributed by atoms with Crippen molar-refractivity contribution in [2.24, 2.45) is 15.9 Å². The first-order valence-electron chi connectivity index (χ1n) is 16.7. The number of benzene rings is 4. The van der Waals surface area contributed by atoms with E-state index in [0.717, 1.165) is 48.1 Å². The Labute approximate surface area is 286 Å². The molecule has 2 N–H and O–H groups in total. The highest BCUT2D eigenvalue weighted by atomic mass is 15.2. The Kier molecular flexibility index (Phi) is 12.8. The maximum atomic E-state index is 6.04. The van der Waals surface area contributed by atoms with E-state index in [1.165, 1.54) is 27.8 Å². The summed E-state index contributed by atoms with van der Waals surface area (Å²) in [5, 5.41) is 4.18. The van der Waals surface area contributed by atoms with Gasteiger partial charge in [-0.3, -0.25) is 0 Å². The summed E-state index contributed by atoms with van der Waals surface area (Å²) in [5.74, 6) is 6.50. The number of nitrogens with zero attached hydrogens (tertiary/aromatic N) is 2. The standard InChI is InChI=1S/C45H43N3/c1-2-3-22-39(33-32-36-21-19-29-41(34-36)43-31-20-30-42(35-43)37-23-15-11-16-24-37)44(38-25-17-12-18-26-38)47-45(48-46)40-27-13-9-7-5-4-6-8-10-14-28-40/h3,5,7-31,33-35H,2,4,6,32,46H2,1H3/b7-5-,10-8-,13-9-,22-3-,28-14+,39-33+,40-27+,47-44-,48-45-. The van der Waals surface area contributed by atoms with Crippen molar-refractivity contribution in [2.75, 3.05) is 0 Å². The van der Waals surface area contributed by atoms with Gasteiger partial charge < -0.3 is 5.84 Å². The third-order valence-electron chi connectivity index (χ3n) is 7.90.